The van der Waals surface area contributed by atoms with Crippen molar-refractivity contribution in [2.24, 2.45) is 0 Å². The van der Waals surface area contributed by atoms with Crippen molar-refractivity contribution in [1.82, 2.24) is 0 Å². The van der Waals surface area contributed by atoms with E-state index < -0.39 is 38.1 Å². The molecule has 0 spiro atoms. The number of nitrogens with zero attached hydrogens (tertiary/aromatic N) is 1. The second-order valence-electron chi connectivity index (χ2n) is 12.8. The van der Waals surface area contributed by atoms with Crippen LogP contribution >= 0.6 is 7.82 Å². The van der Waals surface area contributed by atoms with E-state index in [-0.39, 0.29) is 26.2 Å². The van der Waals surface area contributed by atoms with Crippen molar-refractivity contribution in [3.63, 3.8) is 0 Å². The molecule has 244 valence electrons. The number of quaternary nitrogens is 1. The van der Waals surface area contributed by atoms with Crippen LogP contribution in [0.25, 0.3) is 0 Å². The molecule has 41 heavy (non-hydrogen) atoms. The average molecular weight is 610 g/mol. The van der Waals surface area contributed by atoms with E-state index in [1.165, 1.54) is 64.2 Å². The first-order chi connectivity index (χ1) is 19.1. The van der Waals surface area contributed by atoms with Gasteiger partial charge in [-0.3, -0.25) is 9.36 Å². The molecular weight excluding hydrogens is 549 g/mol. The van der Waals surface area contributed by atoms with Gasteiger partial charge in [0, 0.05) is 6.42 Å². The zero-order valence-electron chi connectivity index (χ0n) is 27.1. The molecule has 0 heterocycles. The van der Waals surface area contributed by atoms with Crippen LogP contribution in [0.4, 0.5) is 0 Å². The Balaban J connectivity index is 4.37. The van der Waals surface area contributed by atoms with Gasteiger partial charge in [-0.05, 0) is 27.2 Å². The van der Waals surface area contributed by atoms with Gasteiger partial charge in [0.1, 0.15) is 26.4 Å². The van der Waals surface area contributed by atoms with Gasteiger partial charge < -0.3 is 32.6 Å². The first-order valence-corrected chi connectivity index (χ1v) is 17.0. The van der Waals surface area contributed by atoms with E-state index in [9.17, 15) is 19.0 Å². The van der Waals surface area contributed by atoms with E-state index in [0.717, 1.165) is 12.8 Å². The molecular formula is C30H60NO9P. The van der Waals surface area contributed by atoms with Crippen LogP contribution in [0.2, 0.25) is 0 Å². The van der Waals surface area contributed by atoms with Gasteiger partial charge in [-0.1, -0.05) is 84.0 Å². The number of unbranched alkanes of at least 4 members (excludes halogenated alkanes) is 12. The molecule has 0 aliphatic rings. The molecule has 0 amide bonds. The lowest BCUT2D eigenvalue weighted by atomic mass is 10.0. The zero-order valence-corrected chi connectivity index (χ0v) is 28.0. The maximum absolute atomic E-state index is 12.3. The molecule has 0 N–H and O–H groups in total. The maximum atomic E-state index is 12.3. The number of hydrogen-bond acceptors (Lipinski definition) is 9. The third-order valence-electron chi connectivity index (χ3n) is 6.27. The Bertz CT molecular complexity index is 734. The zero-order chi connectivity index (χ0) is 31.2. The standard InChI is InChI=1S/C30H60NO9P/c1-8-9-10-11-12-13-14-15-16-17-18-19-20-21-28(32)36-24-27(40-29(33)26-37-30(2,3)4)25-39-41(34,35)38-23-22-31(5,6)7/h27H,8-26H2,1-7H3. The van der Waals surface area contributed by atoms with Gasteiger partial charge in [0.25, 0.3) is 7.82 Å². The van der Waals surface area contributed by atoms with Crippen molar-refractivity contribution in [3.05, 3.63) is 0 Å². The van der Waals surface area contributed by atoms with Crippen molar-refractivity contribution < 1.29 is 46.8 Å². The van der Waals surface area contributed by atoms with Crippen LogP contribution in [0.5, 0.6) is 0 Å². The minimum Gasteiger partial charge on any atom is -0.756 e. The highest BCUT2D eigenvalue weighted by Crippen LogP contribution is 2.38. The monoisotopic (exact) mass is 609 g/mol. The number of esters is 2. The molecule has 10 nitrogen and oxygen atoms in total. The summed E-state index contributed by atoms with van der Waals surface area (Å²) in [7, 11) is 1.08. The van der Waals surface area contributed by atoms with Crippen molar-refractivity contribution >= 4 is 19.8 Å². The summed E-state index contributed by atoms with van der Waals surface area (Å²) >= 11 is 0. The number of ether oxygens (including phenoxy) is 3. The highest BCUT2D eigenvalue weighted by Gasteiger charge is 2.23. The second-order valence-corrected chi connectivity index (χ2v) is 14.2. The van der Waals surface area contributed by atoms with Gasteiger partial charge in [-0.25, -0.2) is 4.79 Å². The van der Waals surface area contributed by atoms with E-state index in [4.69, 9.17) is 23.3 Å². The lowest BCUT2D eigenvalue weighted by Gasteiger charge is -2.28. The number of likely N-dealkylation sites (N-methyl/N-ethyl adjacent to an activating group) is 1. The van der Waals surface area contributed by atoms with Crippen LogP contribution in [0.3, 0.4) is 0 Å². The fourth-order valence-corrected chi connectivity index (χ4v) is 4.52. The Kier molecular flexibility index (Phi) is 21.9. The fraction of sp³-hybridized carbons (Fsp3) is 0.933. The Morgan fingerprint density at radius 1 is 0.780 bits per heavy atom. The number of phosphoric ester groups is 1. The Hall–Kier alpha value is -1.03. The SMILES string of the molecule is CCCCCCCCCCCCCCCC(=O)OCC(COP(=O)([O-])OCC[N+](C)(C)C)OC(=O)COC(C)(C)C. The molecule has 0 bridgehead atoms. The largest absolute Gasteiger partial charge is 0.756 e. The molecule has 0 fully saturated rings. The van der Waals surface area contributed by atoms with Crippen molar-refractivity contribution in [2.45, 2.75) is 129 Å². The van der Waals surface area contributed by atoms with Crippen LogP contribution in [-0.4, -0.2) is 82.2 Å². The van der Waals surface area contributed by atoms with Crippen LogP contribution in [-0.2, 0) is 37.4 Å². The third-order valence-corrected chi connectivity index (χ3v) is 7.23. The summed E-state index contributed by atoms with van der Waals surface area (Å²) in [5, 5.41) is 0. The van der Waals surface area contributed by atoms with Gasteiger partial charge >= 0.3 is 11.9 Å². The molecule has 0 saturated heterocycles. The predicted octanol–water partition coefficient (Wildman–Crippen LogP) is 5.95. The summed E-state index contributed by atoms with van der Waals surface area (Å²) in [6.45, 7) is 6.83. The van der Waals surface area contributed by atoms with Gasteiger partial charge in [-0.15, -0.1) is 0 Å². The molecule has 2 atom stereocenters. The van der Waals surface area contributed by atoms with E-state index in [1.54, 1.807) is 20.8 Å². The molecule has 0 saturated carbocycles. The van der Waals surface area contributed by atoms with Gasteiger partial charge in [0.15, 0.2) is 6.10 Å². The topological polar surface area (TPSA) is 120 Å². The Morgan fingerprint density at radius 3 is 1.78 bits per heavy atom. The van der Waals surface area contributed by atoms with Crippen molar-refractivity contribution in [3.8, 4) is 0 Å². The number of phosphoric acid groups is 1. The molecule has 2 unspecified atom stereocenters. The highest BCUT2D eigenvalue weighted by molar-refractivity contribution is 7.45. The summed E-state index contributed by atoms with van der Waals surface area (Å²) in [5.41, 5.74) is -0.560. The van der Waals surface area contributed by atoms with E-state index >= 15 is 0 Å². The summed E-state index contributed by atoms with van der Waals surface area (Å²) < 4.78 is 38.5. The third kappa shape index (κ3) is 28.8. The number of hydrogen-bond donors (Lipinski definition) is 0. The van der Waals surface area contributed by atoms with Crippen LogP contribution in [0, 0.1) is 0 Å². The minimum absolute atomic E-state index is 0.0533. The molecule has 0 aromatic rings. The van der Waals surface area contributed by atoms with Gasteiger partial charge in [-0.2, -0.15) is 0 Å². The van der Waals surface area contributed by atoms with Crippen LogP contribution in [0.15, 0.2) is 0 Å². The Morgan fingerprint density at radius 2 is 1.29 bits per heavy atom. The predicted molar refractivity (Wildman–Crippen MR) is 159 cm³/mol. The molecule has 0 aromatic carbocycles. The first-order valence-electron chi connectivity index (χ1n) is 15.5. The first kappa shape index (κ1) is 40.0. The van der Waals surface area contributed by atoms with Crippen molar-refractivity contribution in [1.29, 1.82) is 0 Å². The quantitative estimate of drug-likeness (QED) is 0.0507. The summed E-state index contributed by atoms with van der Waals surface area (Å²) in [5.74, 6) is -1.14. The normalized spacial score (nSPS) is 14.4. The lowest BCUT2D eigenvalue weighted by Crippen LogP contribution is -2.37. The number of carbonyl (C=O) groups is 2. The molecule has 0 aliphatic heterocycles. The van der Waals surface area contributed by atoms with Crippen LogP contribution < -0.4 is 4.89 Å². The number of carbonyl (C=O) groups excluding carboxylic acids is 2. The van der Waals surface area contributed by atoms with Gasteiger partial charge in [0.2, 0.25) is 0 Å². The molecule has 0 aliphatic carbocycles. The highest BCUT2D eigenvalue weighted by atomic mass is 31.2. The maximum Gasteiger partial charge on any atom is 0.332 e. The summed E-state index contributed by atoms with van der Waals surface area (Å²) in [6.07, 6.45) is 14.9. The van der Waals surface area contributed by atoms with Gasteiger partial charge in [0.05, 0.1) is 33.4 Å². The molecule has 0 rings (SSSR count). The summed E-state index contributed by atoms with van der Waals surface area (Å²) in [4.78, 5) is 36.6. The van der Waals surface area contributed by atoms with E-state index in [2.05, 4.69) is 6.92 Å². The van der Waals surface area contributed by atoms with Crippen molar-refractivity contribution in [2.75, 3.05) is 54.1 Å². The minimum atomic E-state index is -4.63. The number of rotatable bonds is 26. The second kappa shape index (κ2) is 22.5. The lowest BCUT2D eigenvalue weighted by molar-refractivity contribution is -0.870. The molecule has 11 heteroatoms. The van der Waals surface area contributed by atoms with E-state index in [1.807, 2.05) is 21.1 Å². The van der Waals surface area contributed by atoms with Crippen LogP contribution in [0.1, 0.15) is 118 Å². The van der Waals surface area contributed by atoms with E-state index in [0.29, 0.717) is 17.4 Å². The molecule has 0 aromatic heterocycles. The summed E-state index contributed by atoms with van der Waals surface area (Å²) in [6, 6.07) is 0. The fourth-order valence-electron chi connectivity index (χ4n) is 3.79. The molecule has 0 radical (unpaired) electrons. The smallest absolute Gasteiger partial charge is 0.332 e. The average Bonchev–Trinajstić information content (AvgIpc) is 2.86. The Labute approximate surface area is 250 Å².